The molecule has 4 rings (SSSR count). The molecule has 2 aliphatic heterocycles. The van der Waals surface area contributed by atoms with Gasteiger partial charge in [-0.1, -0.05) is 6.07 Å². The van der Waals surface area contributed by atoms with Gasteiger partial charge in [-0.15, -0.1) is 0 Å². The fourth-order valence-electron chi connectivity index (χ4n) is 4.56. The number of hydrogen-bond acceptors (Lipinski definition) is 6. The van der Waals surface area contributed by atoms with E-state index in [2.05, 4.69) is 27.5 Å². The van der Waals surface area contributed by atoms with Crippen molar-refractivity contribution in [3.8, 4) is 17.2 Å². The molecular formula is C24H27IN2O5. The number of fused-ring (bicyclic) bond motifs is 2. The van der Waals surface area contributed by atoms with Gasteiger partial charge in [-0.25, -0.2) is 0 Å². The normalized spacial score (nSPS) is 21.9. The second kappa shape index (κ2) is 9.27. The Morgan fingerprint density at radius 3 is 2.50 bits per heavy atom. The first kappa shape index (κ1) is 22.8. The van der Waals surface area contributed by atoms with E-state index < -0.39 is 18.1 Å². The Kier molecular flexibility index (Phi) is 6.62. The van der Waals surface area contributed by atoms with Gasteiger partial charge in [-0.2, -0.15) is 0 Å². The van der Waals surface area contributed by atoms with Crippen LogP contribution < -0.4 is 14.2 Å². The van der Waals surface area contributed by atoms with Crippen molar-refractivity contribution in [1.29, 1.82) is 0 Å². The number of carbonyl (C=O) groups excluding carboxylic acids is 2. The fourth-order valence-corrected chi connectivity index (χ4v) is 5.05. The Balaban J connectivity index is 1.77. The van der Waals surface area contributed by atoms with E-state index >= 15 is 0 Å². The molecule has 0 aliphatic carbocycles. The highest BCUT2D eigenvalue weighted by Crippen LogP contribution is 2.47. The molecule has 1 fully saturated rings. The summed E-state index contributed by atoms with van der Waals surface area (Å²) in [6.07, 6.45) is -0.0337. The van der Waals surface area contributed by atoms with Crippen LogP contribution in [0.3, 0.4) is 0 Å². The third-order valence-corrected chi connectivity index (χ3v) is 6.72. The lowest BCUT2D eigenvalue weighted by Crippen LogP contribution is -2.39. The molecule has 7 nitrogen and oxygen atoms in total. The van der Waals surface area contributed by atoms with Gasteiger partial charge < -0.3 is 24.0 Å². The molecule has 170 valence electrons. The van der Waals surface area contributed by atoms with Gasteiger partial charge in [-0.05, 0) is 85.5 Å². The minimum absolute atomic E-state index is 0.0574. The molecule has 0 bridgehead atoms. The first-order valence-electron chi connectivity index (χ1n) is 10.5. The summed E-state index contributed by atoms with van der Waals surface area (Å²) in [6.45, 7) is 1.37. The predicted molar refractivity (Wildman–Crippen MR) is 129 cm³/mol. The molecule has 2 heterocycles. The second-order valence-corrected chi connectivity index (χ2v) is 9.56. The highest BCUT2D eigenvalue weighted by molar-refractivity contribution is 14.1. The molecule has 3 atom stereocenters. The molecule has 8 heteroatoms. The number of Topliss-reactive ketones (excluding diaryl/α,β-unsaturated/α-hetero) is 1. The van der Waals surface area contributed by atoms with Crippen LogP contribution in [0.2, 0.25) is 0 Å². The van der Waals surface area contributed by atoms with Gasteiger partial charge in [-0.3, -0.25) is 9.59 Å². The Morgan fingerprint density at radius 2 is 1.81 bits per heavy atom. The van der Waals surface area contributed by atoms with Crippen LogP contribution in [0, 0.1) is 9.49 Å². The maximum absolute atomic E-state index is 13.7. The summed E-state index contributed by atoms with van der Waals surface area (Å²) in [5.74, 6) is 0.816. The summed E-state index contributed by atoms with van der Waals surface area (Å²) < 4.78 is 17.9. The van der Waals surface area contributed by atoms with Crippen LogP contribution in [-0.4, -0.2) is 69.0 Å². The van der Waals surface area contributed by atoms with Gasteiger partial charge in [0.25, 0.3) is 5.91 Å². The van der Waals surface area contributed by atoms with Crippen LogP contribution in [0.1, 0.15) is 28.4 Å². The van der Waals surface area contributed by atoms with Gasteiger partial charge in [0, 0.05) is 10.1 Å². The van der Waals surface area contributed by atoms with E-state index in [0.717, 1.165) is 22.1 Å². The van der Waals surface area contributed by atoms with Gasteiger partial charge in [0.15, 0.2) is 23.4 Å². The number of nitrogens with zero attached hydrogens (tertiary/aromatic N) is 2. The SMILES string of the molecule is COc1ccc(C2C3C(=O)c4cc(I)ccc4OC3C(=O)N2CCCN(C)C)cc1OC. The zero-order chi connectivity index (χ0) is 23.0. The smallest absolute Gasteiger partial charge is 0.265 e. The predicted octanol–water partition coefficient (Wildman–Crippen LogP) is 3.40. The van der Waals surface area contributed by atoms with Crippen LogP contribution in [0.5, 0.6) is 17.2 Å². The molecule has 0 N–H and O–H groups in total. The second-order valence-electron chi connectivity index (χ2n) is 8.32. The Morgan fingerprint density at radius 1 is 1.06 bits per heavy atom. The lowest BCUT2D eigenvalue weighted by molar-refractivity contribution is -0.134. The first-order chi connectivity index (χ1) is 15.3. The summed E-state index contributed by atoms with van der Waals surface area (Å²) in [4.78, 5) is 31.0. The van der Waals surface area contributed by atoms with Crippen LogP contribution in [0.15, 0.2) is 36.4 Å². The third kappa shape index (κ3) is 4.05. The van der Waals surface area contributed by atoms with Crippen molar-refractivity contribution < 1.29 is 23.8 Å². The number of halogens is 1. The highest BCUT2D eigenvalue weighted by atomic mass is 127. The minimum Gasteiger partial charge on any atom is -0.493 e. The zero-order valence-corrected chi connectivity index (χ0v) is 20.8. The Bertz CT molecular complexity index is 1040. The van der Waals surface area contributed by atoms with E-state index in [4.69, 9.17) is 14.2 Å². The van der Waals surface area contributed by atoms with Gasteiger partial charge in [0.05, 0.1) is 31.7 Å². The van der Waals surface area contributed by atoms with Crippen molar-refractivity contribution in [1.82, 2.24) is 9.80 Å². The van der Waals surface area contributed by atoms with Crippen molar-refractivity contribution in [2.24, 2.45) is 5.92 Å². The molecule has 2 aromatic carbocycles. The van der Waals surface area contributed by atoms with Crippen LogP contribution in [0.4, 0.5) is 0 Å². The standard InChI is InChI=1S/C24H27IN2O5/c1-26(2)10-5-11-27-21(14-6-8-18(30-3)19(12-14)31-4)20-22(28)16-13-15(25)7-9-17(16)32-23(20)24(27)29/h6-9,12-13,20-21,23H,5,10-11H2,1-4H3. The van der Waals surface area contributed by atoms with Crippen molar-refractivity contribution in [3.63, 3.8) is 0 Å². The first-order valence-corrected chi connectivity index (χ1v) is 11.6. The van der Waals surface area contributed by atoms with E-state index in [1.165, 1.54) is 0 Å². The molecular weight excluding hydrogens is 523 g/mol. The molecule has 1 amide bonds. The molecule has 3 unspecified atom stereocenters. The highest BCUT2D eigenvalue weighted by Gasteiger charge is 2.56. The van der Waals surface area contributed by atoms with E-state index in [9.17, 15) is 9.59 Å². The lowest BCUT2D eigenvalue weighted by Gasteiger charge is -2.30. The summed E-state index contributed by atoms with van der Waals surface area (Å²) in [5, 5.41) is 0. The number of ketones is 1. The van der Waals surface area contributed by atoms with Crippen LogP contribution in [0.25, 0.3) is 0 Å². The number of methoxy groups -OCH3 is 2. The lowest BCUT2D eigenvalue weighted by atomic mass is 9.83. The van der Waals surface area contributed by atoms with E-state index in [0.29, 0.717) is 29.4 Å². The van der Waals surface area contributed by atoms with Gasteiger partial charge in [0.1, 0.15) is 5.75 Å². The Labute approximate surface area is 201 Å². The monoisotopic (exact) mass is 550 g/mol. The summed E-state index contributed by atoms with van der Waals surface area (Å²) >= 11 is 2.18. The number of likely N-dealkylation sites (tertiary alicyclic amines) is 1. The number of ether oxygens (including phenoxy) is 3. The molecule has 0 spiro atoms. The Hall–Kier alpha value is -2.33. The number of benzene rings is 2. The topological polar surface area (TPSA) is 68.3 Å². The number of carbonyl (C=O) groups is 2. The maximum Gasteiger partial charge on any atom is 0.265 e. The molecule has 0 saturated carbocycles. The third-order valence-electron chi connectivity index (χ3n) is 6.05. The van der Waals surface area contributed by atoms with E-state index in [1.54, 1.807) is 25.2 Å². The molecule has 2 aliphatic rings. The van der Waals surface area contributed by atoms with Crippen LogP contribution in [-0.2, 0) is 4.79 Å². The van der Waals surface area contributed by atoms with Crippen molar-refractivity contribution in [2.75, 3.05) is 41.4 Å². The summed E-state index contributed by atoms with van der Waals surface area (Å²) in [5.41, 5.74) is 1.37. The number of amides is 1. The van der Waals surface area contributed by atoms with E-state index in [1.807, 2.05) is 44.4 Å². The van der Waals surface area contributed by atoms with Crippen molar-refractivity contribution in [3.05, 3.63) is 51.1 Å². The average molecular weight is 550 g/mol. The van der Waals surface area contributed by atoms with Gasteiger partial charge in [0.2, 0.25) is 0 Å². The summed E-state index contributed by atoms with van der Waals surface area (Å²) in [6, 6.07) is 10.6. The van der Waals surface area contributed by atoms with E-state index in [-0.39, 0.29) is 11.7 Å². The largest absolute Gasteiger partial charge is 0.493 e. The van der Waals surface area contributed by atoms with Crippen molar-refractivity contribution in [2.45, 2.75) is 18.6 Å². The average Bonchev–Trinajstić information content (AvgIpc) is 3.05. The summed E-state index contributed by atoms with van der Waals surface area (Å²) in [7, 11) is 7.16. The molecule has 0 radical (unpaired) electrons. The molecule has 1 saturated heterocycles. The molecule has 0 aromatic heterocycles. The molecule has 32 heavy (non-hydrogen) atoms. The van der Waals surface area contributed by atoms with Crippen molar-refractivity contribution >= 4 is 34.3 Å². The minimum atomic E-state index is -0.826. The quantitative estimate of drug-likeness (QED) is 0.493. The number of rotatable bonds is 7. The molecule has 2 aromatic rings. The zero-order valence-electron chi connectivity index (χ0n) is 18.6. The fraction of sp³-hybridized carbons (Fsp3) is 0.417. The number of hydrogen-bond donors (Lipinski definition) is 0. The van der Waals surface area contributed by atoms with Gasteiger partial charge >= 0.3 is 0 Å². The maximum atomic E-state index is 13.7. The van der Waals surface area contributed by atoms with Crippen LogP contribution >= 0.6 is 22.6 Å².